The molecule has 1 atom stereocenters. The Labute approximate surface area is 171 Å². The molecule has 0 heterocycles. The van der Waals surface area contributed by atoms with Gasteiger partial charge in [0.1, 0.15) is 11.8 Å². The molecule has 0 radical (unpaired) electrons. The predicted octanol–water partition coefficient (Wildman–Crippen LogP) is 4.31. The molecular weight excluding hydrogens is 400 g/mol. The van der Waals surface area contributed by atoms with Crippen LogP contribution in [0.4, 0.5) is 11.4 Å². The Morgan fingerprint density at radius 1 is 1.18 bits per heavy atom. The number of nitrogens with one attached hydrogen (secondary N) is 1. The van der Waals surface area contributed by atoms with Crippen molar-refractivity contribution in [2.24, 2.45) is 0 Å². The second-order valence-corrected chi connectivity index (χ2v) is 8.94. The van der Waals surface area contributed by atoms with Gasteiger partial charge in [0, 0.05) is 16.8 Å². The van der Waals surface area contributed by atoms with Crippen molar-refractivity contribution in [2.75, 3.05) is 15.9 Å². The number of rotatable bonds is 8. The van der Waals surface area contributed by atoms with Crippen LogP contribution in [0.1, 0.15) is 27.2 Å². The predicted molar refractivity (Wildman–Crippen MR) is 114 cm³/mol. The molecule has 0 aliphatic rings. The summed E-state index contributed by atoms with van der Waals surface area (Å²) in [5.41, 5.74) is 0.870. The van der Waals surface area contributed by atoms with Crippen molar-refractivity contribution in [2.45, 2.75) is 39.3 Å². The molecule has 0 aliphatic heterocycles. The van der Waals surface area contributed by atoms with Crippen molar-refractivity contribution in [3.8, 4) is 5.75 Å². The molecule has 1 N–H and O–H groups in total. The van der Waals surface area contributed by atoms with Crippen LogP contribution in [0.25, 0.3) is 0 Å². The molecule has 152 valence electrons. The summed E-state index contributed by atoms with van der Waals surface area (Å²) in [5, 5.41) is 3.17. The first-order chi connectivity index (χ1) is 13.1. The number of halogens is 1. The van der Waals surface area contributed by atoms with E-state index in [1.807, 2.05) is 13.8 Å². The zero-order chi connectivity index (χ0) is 20.9. The molecular formula is C20H25ClN2O4S. The van der Waals surface area contributed by atoms with Gasteiger partial charge in [0.15, 0.2) is 0 Å². The molecule has 2 aromatic rings. The first-order valence-corrected chi connectivity index (χ1v) is 11.2. The number of ether oxygens (including phenoxy) is 1. The standard InChI is InChI=1S/C20H25ClN2O4S/c1-5-19(23(28(4,25)26)17-10-6-8-15(21)12-17)20(24)22-16-9-7-11-18(13-16)27-14(2)3/h6-14,19H,5H2,1-4H3,(H,22,24)/t19-/m1/s1. The van der Waals surface area contributed by atoms with E-state index in [9.17, 15) is 13.2 Å². The Balaban J connectivity index is 2.32. The Hall–Kier alpha value is -2.25. The van der Waals surface area contributed by atoms with Gasteiger partial charge >= 0.3 is 0 Å². The highest BCUT2D eigenvalue weighted by Crippen LogP contribution is 2.26. The van der Waals surface area contributed by atoms with E-state index in [1.54, 1.807) is 49.4 Å². The quantitative estimate of drug-likeness (QED) is 0.685. The third kappa shape index (κ3) is 5.87. The molecule has 0 aromatic heterocycles. The molecule has 0 saturated heterocycles. The second kappa shape index (κ2) is 9.30. The maximum atomic E-state index is 12.9. The van der Waals surface area contributed by atoms with Gasteiger partial charge in [-0.2, -0.15) is 0 Å². The molecule has 28 heavy (non-hydrogen) atoms. The van der Waals surface area contributed by atoms with Crippen LogP contribution < -0.4 is 14.4 Å². The van der Waals surface area contributed by atoms with Gasteiger partial charge in [-0.05, 0) is 50.6 Å². The molecule has 0 saturated carbocycles. The third-order valence-electron chi connectivity index (χ3n) is 3.87. The van der Waals surface area contributed by atoms with Crippen LogP contribution in [0.2, 0.25) is 5.02 Å². The normalized spacial score (nSPS) is 12.5. The Kier molecular flexibility index (Phi) is 7.32. The smallest absolute Gasteiger partial charge is 0.248 e. The van der Waals surface area contributed by atoms with Crippen LogP contribution in [0.15, 0.2) is 48.5 Å². The lowest BCUT2D eigenvalue weighted by Crippen LogP contribution is -2.47. The van der Waals surface area contributed by atoms with Crippen LogP contribution in [-0.4, -0.2) is 32.7 Å². The number of carbonyl (C=O) groups is 1. The molecule has 2 rings (SSSR count). The van der Waals surface area contributed by atoms with Crippen molar-refractivity contribution in [3.05, 3.63) is 53.6 Å². The van der Waals surface area contributed by atoms with E-state index in [0.717, 1.165) is 10.6 Å². The minimum Gasteiger partial charge on any atom is -0.491 e. The molecule has 0 aliphatic carbocycles. The maximum absolute atomic E-state index is 12.9. The van der Waals surface area contributed by atoms with Crippen molar-refractivity contribution >= 4 is 38.9 Å². The van der Waals surface area contributed by atoms with Gasteiger partial charge in [0.25, 0.3) is 0 Å². The average Bonchev–Trinajstić information content (AvgIpc) is 2.58. The highest BCUT2D eigenvalue weighted by atomic mass is 35.5. The van der Waals surface area contributed by atoms with E-state index in [1.165, 1.54) is 6.07 Å². The molecule has 0 bridgehead atoms. The number of sulfonamides is 1. The van der Waals surface area contributed by atoms with Crippen molar-refractivity contribution in [1.82, 2.24) is 0 Å². The zero-order valence-corrected chi connectivity index (χ0v) is 17.9. The van der Waals surface area contributed by atoms with E-state index >= 15 is 0 Å². The molecule has 0 unspecified atom stereocenters. The number of hydrogen-bond donors (Lipinski definition) is 1. The second-order valence-electron chi connectivity index (χ2n) is 6.65. The SMILES string of the molecule is CC[C@H](C(=O)Nc1cccc(OC(C)C)c1)N(c1cccc(Cl)c1)S(C)(=O)=O. The number of nitrogens with zero attached hydrogens (tertiary/aromatic N) is 1. The Bertz CT molecular complexity index is 931. The minimum atomic E-state index is -3.72. The number of anilines is 2. The van der Waals surface area contributed by atoms with Crippen LogP contribution in [-0.2, 0) is 14.8 Å². The lowest BCUT2D eigenvalue weighted by molar-refractivity contribution is -0.117. The summed E-state index contributed by atoms with van der Waals surface area (Å²) in [6.45, 7) is 5.58. The average molecular weight is 425 g/mol. The molecule has 2 aromatic carbocycles. The Morgan fingerprint density at radius 3 is 2.43 bits per heavy atom. The van der Waals surface area contributed by atoms with Crippen molar-refractivity contribution in [1.29, 1.82) is 0 Å². The molecule has 1 amide bonds. The van der Waals surface area contributed by atoms with Crippen molar-refractivity contribution in [3.63, 3.8) is 0 Å². The fourth-order valence-corrected chi connectivity index (χ4v) is 4.21. The van der Waals surface area contributed by atoms with Gasteiger partial charge in [-0.25, -0.2) is 8.42 Å². The lowest BCUT2D eigenvalue weighted by Gasteiger charge is -2.30. The topological polar surface area (TPSA) is 75.7 Å². The lowest BCUT2D eigenvalue weighted by atomic mass is 10.1. The Morgan fingerprint density at radius 2 is 1.86 bits per heavy atom. The highest BCUT2D eigenvalue weighted by molar-refractivity contribution is 7.92. The summed E-state index contributed by atoms with van der Waals surface area (Å²) in [7, 11) is -3.72. The molecule has 0 spiro atoms. The van der Waals surface area contributed by atoms with Gasteiger partial charge < -0.3 is 10.1 Å². The van der Waals surface area contributed by atoms with E-state index < -0.39 is 22.0 Å². The summed E-state index contributed by atoms with van der Waals surface area (Å²) in [5.74, 6) is 0.185. The fraction of sp³-hybridized carbons (Fsp3) is 0.350. The highest BCUT2D eigenvalue weighted by Gasteiger charge is 2.31. The van der Waals surface area contributed by atoms with Crippen LogP contribution in [0.3, 0.4) is 0 Å². The zero-order valence-electron chi connectivity index (χ0n) is 16.3. The van der Waals surface area contributed by atoms with Gasteiger partial charge in [0.05, 0.1) is 18.0 Å². The van der Waals surface area contributed by atoms with E-state index in [2.05, 4.69) is 5.32 Å². The summed E-state index contributed by atoms with van der Waals surface area (Å²) >= 11 is 6.02. The van der Waals surface area contributed by atoms with E-state index in [4.69, 9.17) is 16.3 Å². The van der Waals surface area contributed by atoms with Crippen LogP contribution in [0.5, 0.6) is 5.75 Å². The van der Waals surface area contributed by atoms with Gasteiger partial charge in [-0.15, -0.1) is 0 Å². The minimum absolute atomic E-state index is 0.00195. The number of amides is 1. The van der Waals surface area contributed by atoms with Gasteiger partial charge in [-0.1, -0.05) is 30.7 Å². The monoisotopic (exact) mass is 424 g/mol. The summed E-state index contributed by atoms with van der Waals surface area (Å²) in [6, 6.07) is 12.5. The van der Waals surface area contributed by atoms with Gasteiger partial charge in [0.2, 0.25) is 15.9 Å². The van der Waals surface area contributed by atoms with E-state index in [-0.39, 0.29) is 12.5 Å². The summed E-state index contributed by atoms with van der Waals surface area (Å²) in [6.07, 6.45) is 1.35. The number of carbonyl (C=O) groups excluding carboxylic acids is 1. The van der Waals surface area contributed by atoms with Crippen LogP contribution in [0, 0.1) is 0 Å². The van der Waals surface area contributed by atoms with E-state index in [0.29, 0.717) is 22.1 Å². The molecule has 6 nitrogen and oxygen atoms in total. The molecule has 0 fully saturated rings. The molecule has 8 heteroatoms. The summed E-state index contributed by atoms with van der Waals surface area (Å²) < 4.78 is 31.7. The van der Waals surface area contributed by atoms with Crippen LogP contribution >= 0.6 is 11.6 Å². The maximum Gasteiger partial charge on any atom is 0.248 e. The number of hydrogen-bond acceptors (Lipinski definition) is 4. The van der Waals surface area contributed by atoms with Crippen molar-refractivity contribution < 1.29 is 17.9 Å². The first kappa shape index (κ1) is 22.0. The summed E-state index contributed by atoms with van der Waals surface area (Å²) in [4.78, 5) is 12.9. The third-order valence-corrected chi connectivity index (χ3v) is 5.28. The van der Waals surface area contributed by atoms with Gasteiger partial charge in [-0.3, -0.25) is 9.10 Å². The fourth-order valence-electron chi connectivity index (χ4n) is 2.82. The largest absolute Gasteiger partial charge is 0.491 e. The number of benzene rings is 2. The first-order valence-electron chi connectivity index (χ1n) is 8.94.